The van der Waals surface area contributed by atoms with Gasteiger partial charge in [0, 0.05) is 5.92 Å². The normalized spacial score (nSPS) is 9.86. The smallest absolute Gasteiger partial charge is 0.0997 e. The third-order valence-corrected chi connectivity index (χ3v) is 2.01. The lowest BCUT2D eigenvalue weighted by atomic mass is 9.97. The molecule has 0 heterocycles. The highest BCUT2D eigenvalue weighted by molar-refractivity contribution is 5.54. The van der Waals surface area contributed by atoms with Gasteiger partial charge in [0.15, 0.2) is 0 Å². The molecular weight excluding hydrogens is 177 g/mol. The lowest BCUT2D eigenvalue weighted by Gasteiger charge is -2.07. The van der Waals surface area contributed by atoms with E-state index < -0.39 is 6.67 Å². The van der Waals surface area contributed by atoms with Crippen LogP contribution in [0.2, 0.25) is 0 Å². The molecule has 1 rings (SSSR count). The number of nitriles is 1. The Hall–Kier alpha value is -1.62. The first-order valence-electron chi connectivity index (χ1n) is 4.27. The molecule has 1 nitrogen and oxygen atoms in total. The predicted molar refractivity (Wildman–Crippen MR) is 55.2 cm³/mol. The maximum Gasteiger partial charge on any atom is 0.0997 e. The fraction of sp³-hybridized carbons (Fsp3) is 0.167. The molecule has 0 atom stereocenters. The van der Waals surface area contributed by atoms with E-state index in [0.717, 1.165) is 11.1 Å². The molecule has 0 N–H and O–H groups in total. The third-order valence-electron chi connectivity index (χ3n) is 2.01. The van der Waals surface area contributed by atoms with Crippen molar-refractivity contribution in [1.29, 1.82) is 5.26 Å². The van der Waals surface area contributed by atoms with E-state index >= 15 is 0 Å². The van der Waals surface area contributed by atoms with Gasteiger partial charge in [0.05, 0.1) is 18.3 Å². The van der Waals surface area contributed by atoms with Crippen molar-refractivity contribution in [3.8, 4) is 6.07 Å². The number of hydrogen-bond donors (Lipinski definition) is 0. The van der Waals surface area contributed by atoms with Gasteiger partial charge in [-0.25, -0.2) is 0 Å². The maximum atomic E-state index is 12.4. The molecule has 0 spiro atoms. The van der Waals surface area contributed by atoms with Crippen molar-refractivity contribution in [3.63, 3.8) is 0 Å². The van der Waals surface area contributed by atoms with Crippen molar-refractivity contribution < 1.29 is 4.39 Å². The van der Waals surface area contributed by atoms with Crippen molar-refractivity contribution >= 4 is 6.08 Å². The topological polar surface area (TPSA) is 23.8 Å². The van der Waals surface area contributed by atoms with Crippen molar-refractivity contribution in [2.45, 2.75) is 6.92 Å². The molecule has 0 saturated carbocycles. The van der Waals surface area contributed by atoms with Gasteiger partial charge in [-0.1, -0.05) is 25.6 Å². The average Bonchev–Trinajstić information content (AvgIpc) is 2.27. The minimum atomic E-state index is -0.495. The van der Waals surface area contributed by atoms with E-state index in [2.05, 4.69) is 6.58 Å². The number of benzene rings is 1. The summed E-state index contributed by atoms with van der Waals surface area (Å²) >= 11 is 0. The van der Waals surface area contributed by atoms with Crippen molar-refractivity contribution in [3.05, 3.63) is 47.4 Å². The molecule has 0 aliphatic carbocycles. The Kier molecular flexibility index (Phi) is 3.41. The molecule has 71 valence electrons. The van der Waals surface area contributed by atoms with E-state index in [4.69, 9.17) is 5.26 Å². The maximum absolute atomic E-state index is 12.4. The zero-order valence-electron chi connectivity index (χ0n) is 8.05. The van der Waals surface area contributed by atoms with Gasteiger partial charge in [0.2, 0.25) is 0 Å². The fourth-order valence-corrected chi connectivity index (χ4v) is 1.16. The van der Waals surface area contributed by atoms with Crippen LogP contribution in [0.4, 0.5) is 4.39 Å². The van der Waals surface area contributed by atoms with E-state index in [-0.39, 0.29) is 0 Å². The van der Waals surface area contributed by atoms with Gasteiger partial charge >= 0.3 is 0 Å². The molecule has 0 fully saturated rings. The van der Waals surface area contributed by atoms with Crippen LogP contribution in [-0.4, -0.2) is 6.67 Å². The Labute approximate surface area is 83.5 Å². The van der Waals surface area contributed by atoms with Crippen LogP contribution >= 0.6 is 0 Å². The number of rotatable bonds is 3. The van der Waals surface area contributed by atoms with Crippen LogP contribution in [0.5, 0.6) is 0 Å². The Balaban J connectivity index is 3.18. The summed E-state index contributed by atoms with van der Waals surface area (Å²) in [4.78, 5) is 0. The summed E-state index contributed by atoms with van der Waals surface area (Å²) in [6.07, 6.45) is 1.65. The molecular formula is C12H11FN. The summed E-state index contributed by atoms with van der Waals surface area (Å²) in [6.45, 7) is 4.84. The number of hydrogen-bond acceptors (Lipinski definition) is 1. The molecule has 2 heteroatoms. The predicted octanol–water partition coefficient (Wildman–Crippen LogP) is 3.11. The van der Waals surface area contributed by atoms with Crippen molar-refractivity contribution in [2.24, 2.45) is 0 Å². The molecule has 0 unspecified atom stereocenters. The van der Waals surface area contributed by atoms with Gasteiger partial charge in [-0.15, -0.1) is 0 Å². The average molecular weight is 188 g/mol. The Bertz CT molecular complexity index is 376. The minimum absolute atomic E-state index is 0.495. The van der Waals surface area contributed by atoms with E-state index in [9.17, 15) is 4.39 Å². The highest BCUT2D eigenvalue weighted by Crippen LogP contribution is 2.19. The van der Waals surface area contributed by atoms with Gasteiger partial charge in [0.25, 0.3) is 0 Å². The highest BCUT2D eigenvalue weighted by Gasteiger charge is 2.07. The van der Waals surface area contributed by atoms with Crippen LogP contribution in [0.15, 0.2) is 24.8 Å². The third kappa shape index (κ3) is 2.20. The lowest BCUT2D eigenvalue weighted by molar-refractivity contribution is 0.516. The molecule has 14 heavy (non-hydrogen) atoms. The summed E-state index contributed by atoms with van der Waals surface area (Å²) in [6, 6.07) is 7.27. The van der Waals surface area contributed by atoms with Crippen molar-refractivity contribution in [2.75, 3.05) is 6.67 Å². The zero-order valence-corrected chi connectivity index (χ0v) is 8.05. The van der Waals surface area contributed by atoms with Crippen LogP contribution in [0, 0.1) is 17.2 Å². The van der Waals surface area contributed by atoms with E-state index in [1.54, 1.807) is 25.1 Å². The number of halogens is 1. The molecule has 1 aromatic rings. The van der Waals surface area contributed by atoms with Gasteiger partial charge in [-0.3, -0.25) is 4.39 Å². The summed E-state index contributed by atoms with van der Waals surface area (Å²) in [5.74, 6) is 0.630. The molecule has 0 aromatic heterocycles. The second-order valence-corrected chi connectivity index (χ2v) is 3.07. The van der Waals surface area contributed by atoms with Gasteiger partial charge < -0.3 is 0 Å². The zero-order chi connectivity index (χ0) is 10.6. The summed E-state index contributed by atoms with van der Waals surface area (Å²) < 4.78 is 12.4. The van der Waals surface area contributed by atoms with Crippen LogP contribution in [-0.2, 0) is 0 Å². The number of nitrogens with zero attached hydrogens (tertiary/aromatic N) is 1. The molecule has 1 aromatic carbocycles. The first kappa shape index (κ1) is 10.5. The van der Waals surface area contributed by atoms with E-state index in [1.807, 2.05) is 12.1 Å². The molecule has 0 bridgehead atoms. The largest absolute Gasteiger partial charge is 0.250 e. The van der Waals surface area contributed by atoms with Gasteiger partial charge in [-0.05, 0) is 23.3 Å². The highest BCUT2D eigenvalue weighted by atomic mass is 19.1. The first-order chi connectivity index (χ1) is 6.71. The molecule has 0 amide bonds. The van der Waals surface area contributed by atoms with Crippen LogP contribution in [0.1, 0.15) is 23.6 Å². The van der Waals surface area contributed by atoms with Crippen LogP contribution in [0.3, 0.4) is 0 Å². The van der Waals surface area contributed by atoms with Gasteiger partial charge in [-0.2, -0.15) is 5.26 Å². The quantitative estimate of drug-likeness (QED) is 0.715. The van der Waals surface area contributed by atoms with E-state index in [1.165, 1.54) is 0 Å². The second-order valence-electron chi connectivity index (χ2n) is 3.07. The molecule has 0 saturated heterocycles. The monoisotopic (exact) mass is 188 g/mol. The Morgan fingerprint density at radius 1 is 1.57 bits per heavy atom. The second kappa shape index (κ2) is 4.57. The standard InChI is InChI=1S/C12H11FN/c1-3-10-4-11(8-14)6-12(5-10)9(2)7-13/h3-6H,1,7H2,2H3. The van der Waals surface area contributed by atoms with Crippen LogP contribution in [0.25, 0.3) is 6.08 Å². The summed E-state index contributed by atoms with van der Waals surface area (Å²) in [5, 5.41) is 8.75. The summed E-state index contributed by atoms with van der Waals surface area (Å²) in [7, 11) is 0. The summed E-state index contributed by atoms with van der Waals surface area (Å²) in [5.41, 5.74) is 2.14. The number of alkyl halides is 1. The lowest BCUT2D eigenvalue weighted by Crippen LogP contribution is -1.97. The van der Waals surface area contributed by atoms with Gasteiger partial charge in [0.1, 0.15) is 0 Å². The van der Waals surface area contributed by atoms with E-state index in [0.29, 0.717) is 11.5 Å². The Morgan fingerprint density at radius 3 is 2.79 bits per heavy atom. The minimum Gasteiger partial charge on any atom is -0.250 e. The molecule has 1 radical (unpaired) electrons. The van der Waals surface area contributed by atoms with Crippen molar-refractivity contribution in [1.82, 2.24) is 0 Å². The molecule has 0 aliphatic heterocycles. The fourth-order valence-electron chi connectivity index (χ4n) is 1.16. The van der Waals surface area contributed by atoms with Crippen LogP contribution < -0.4 is 0 Å². The SMILES string of the molecule is C=Cc1cc(C#N)cc([C](C)CF)c1. The Morgan fingerprint density at radius 2 is 2.29 bits per heavy atom. The molecule has 0 aliphatic rings. The first-order valence-corrected chi connectivity index (χ1v) is 4.27.